The van der Waals surface area contributed by atoms with Crippen LogP contribution in [-0.2, 0) is 4.74 Å². The van der Waals surface area contributed by atoms with Crippen molar-refractivity contribution in [3.63, 3.8) is 0 Å². The zero-order chi connectivity index (χ0) is 16.3. The average molecular weight is 302 g/mol. The molecule has 3 nitrogen and oxygen atoms in total. The molecule has 0 atom stereocenters. The molecular weight excluding hydrogens is 283 g/mol. The number of halogens is 5. The molecule has 0 aromatic heterocycles. The molecule has 0 heterocycles. The highest BCUT2D eigenvalue weighted by Gasteiger charge is 2.41. The molecule has 118 valence electrons. The van der Waals surface area contributed by atoms with Crippen LogP contribution in [0.5, 0.6) is 0 Å². The Balaban J connectivity index is 0. The van der Waals surface area contributed by atoms with Crippen LogP contribution < -0.4 is 5.73 Å². The Hall–Kier alpha value is -1.60. The molecule has 8 heteroatoms. The lowest BCUT2D eigenvalue weighted by molar-refractivity contribution is -0.158. The van der Waals surface area contributed by atoms with Crippen LogP contribution in [-0.4, -0.2) is 24.7 Å². The molecule has 2 N–H and O–H groups in total. The highest BCUT2D eigenvalue weighted by molar-refractivity contribution is 5.96. The molecule has 0 aliphatic carbocycles. The molecule has 0 aliphatic heterocycles. The van der Waals surface area contributed by atoms with Crippen LogP contribution in [0.1, 0.15) is 27.7 Å². The zero-order valence-electron chi connectivity index (χ0n) is 11.8. The van der Waals surface area contributed by atoms with Crippen molar-refractivity contribution in [1.82, 2.24) is 0 Å². The molecule has 0 rings (SSSR count). The first-order valence-electron chi connectivity index (χ1n) is 5.81. The van der Waals surface area contributed by atoms with Gasteiger partial charge in [-0.05, 0) is 19.9 Å². The molecule has 0 unspecified atom stereocenters. The monoisotopic (exact) mass is 302 g/mol. The van der Waals surface area contributed by atoms with E-state index in [0.717, 1.165) is 12.3 Å². The van der Waals surface area contributed by atoms with Crippen LogP contribution in [0.3, 0.4) is 0 Å². The van der Waals surface area contributed by atoms with Gasteiger partial charge in [0.2, 0.25) is 5.88 Å². The van der Waals surface area contributed by atoms with E-state index in [4.69, 9.17) is 5.73 Å². The number of hydrogen-bond acceptors (Lipinski definition) is 3. The van der Waals surface area contributed by atoms with Gasteiger partial charge in [-0.3, -0.25) is 4.99 Å². The van der Waals surface area contributed by atoms with Gasteiger partial charge in [0.05, 0.1) is 11.9 Å². The molecule has 0 radical (unpaired) electrons. The Kier molecular flexibility index (Phi) is 10.6. The van der Waals surface area contributed by atoms with E-state index in [1.54, 1.807) is 0 Å². The van der Waals surface area contributed by atoms with Crippen molar-refractivity contribution >= 4 is 5.71 Å². The van der Waals surface area contributed by atoms with Gasteiger partial charge in [-0.25, -0.2) is 13.2 Å². The second-order valence-electron chi connectivity index (χ2n) is 3.23. The molecule has 0 aliphatic rings. The Bertz CT molecular complexity index is 365. The molecule has 0 saturated carbocycles. The average Bonchev–Trinajstić information content (AvgIpc) is 2.43. The van der Waals surface area contributed by atoms with E-state index in [1.807, 2.05) is 13.8 Å². The lowest BCUT2D eigenvalue weighted by atomic mass is 10.3. The summed E-state index contributed by atoms with van der Waals surface area (Å²) in [5, 5.41) is 0. The van der Waals surface area contributed by atoms with Crippen molar-refractivity contribution in [2.24, 2.45) is 10.7 Å². The van der Waals surface area contributed by atoms with Gasteiger partial charge < -0.3 is 10.5 Å². The minimum atomic E-state index is -4.30. The standard InChI is InChI=1S/C10H13F5N2O.C2H6/c1-3-7(11)6(2)17-4-8(16)18-5-10(14,15)9(12)13;1-2/h3-4,9H,5,16H2,1-2H3;1-2H3/b7-3-,8-4+,17-6+;. The van der Waals surface area contributed by atoms with Gasteiger partial charge in [0.15, 0.2) is 6.61 Å². The summed E-state index contributed by atoms with van der Waals surface area (Å²) in [5.41, 5.74) is 5.03. The van der Waals surface area contributed by atoms with E-state index >= 15 is 0 Å². The Labute approximate surface area is 115 Å². The van der Waals surface area contributed by atoms with Gasteiger partial charge in [-0.2, -0.15) is 8.78 Å². The smallest absolute Gasteiger partial charge is 0.340 e. The third-order valence-corrected chi connectivity index (χ3v) is 1.74. The molecular formula is C12H19F5N2O. The predicted octanol–water partition coefficient (Wildman–Crippen LogP) is 4.02. The lowest BCUT2D eigenvalue weighted by Crippen LogP contribution is -2.32. The highest BCUT2D eigenvalue weighted by atomic mass is 19.3. The van der Waals surface area contributed by atoms with Crippen LogP contribution >= 0.6 is 0 Å². The number of nitrogens with two attached hydrogens (primary N) is 1. The van der Waals surface area contributed by atoms with Crippen molar-refractivity contribution in [3.05, 3.63) is 24.0 Å². The number of aliphatic imine (C=N–C) groups is 1. The predicted molar refractivity (Wildman–Crippen MR) is 68.5 cm³/mol. The molecule has 0 bridgehead atoms. The van der Waals surface area contributed by atoms with Crippen molar-refractivity contribution < 1.29 is 26.7 Å². The third kappa shape index (κ3) is 8.49. The van der Waals surface area contributed by atoms with Crippen LogP contribution in [0.25, 0.3) is 0 Å². The fourth-order valence-corrected chi connectivity index (χ4v) is 0.711. The van der Waals surface area contributed by atoms with Crippen molar-refractivity contribution in [2.45, 2.75) is 40.0 Å². The number of rotatable bonds is 6. The van der Waals surface area contributed by atoms with Crippen molar-refractivity contribution in [3.8, 4) is 0 Å². The maximum atomic E-state index is 12.9. The Morgan fingerprint density at radius 2 is 1.85 bits per heavy atom. The summed E-state index contributed by atoms with van der Waals surface area (Å²) in [7, 11) is 0. The third-order valence-electron chi connectivity index (χ3n) is 1.74. The largest absolute Gasteiger partial charge is 0.472 e. The molecule has 0 spiro atoms. The minimum Gasteiger partial charge on any atom is -0.472 e. The fraction of sp³-hybridized carbons (Fsp3) is 0.583. The summed E-state index contributed by atoms with van der Waals surface area (Å²) in [6, 6.07) is 0. The van der Waals surface area contributed by atoms with E-state index < -0.39 is 30.7 Å². The zero-order valence-corrected chi connectivity index (χ0v) is 11.8. The van der Waals surface area contributed by atoms with Gasteiger partial charge in [-0.1, -0.05) is 13.8 Å². The normalized spacial score (nSPS) is 14.0. The van der Waals surface area contributed by atoms with Gasteiger partial charge >= 0.3 is 12.3 Å². The lowest BCUT2D eigenvalue weighted by Gasteiger charge is -2.15. The maximum absolute atomic E-state index is 12.9. The fourth-order valence-electron chi connectivity index (χ4n) is 0.711. The second kappa shape index (κ2) is 10.2. The van der Waals surface area contributed by atoms with Crippen molar-refractivity contribution in [1.29, 1.82) is 0 Å². The van der Waals surface area contributed by atoms with E-state index in [9.17, 15) is 22.0 Å². The number of nitrogens with zero attached hydrogens (tertiary/aromatic N) is 1. The van der Waals surface area contributed by atoms with Crippen molar-refractivity contribution in [2.75, 3.05) is 6.61 Å². The summed E-state index contributed by atoms with van der Waals surface area (Å²) in [4.78, 5) is 3.47. The van der Waals surface area contributed by atoms with Gasteiger partial charge in [-0.15, -0.1) is 0 Å². The number of allylic oxidation sites excluding steroid dienone is 2. The quantitative estimate of drug-likeness (QED) is 0.457. The summed E-state index contributed by atoms with van der Waals surface area (Å²) in [5.74, 6) is -5.54. The van der Waals surface area contributed by atoms with Gasteiger partial charge in [0, 0.05) is 0 Å². The maximum Gasteiger partial charge on any atom is 0.340 e. The van der Waals surface area contributed by atoms with Crippen LogP contribution in [0, 0.1) is 0 Å². The van der Waals surface area contributed by atoms with E-state index in [2.05, 4.69) is 9.73 Å². The number of alkyl halides is 4. The molecule has 0 fully saturated rings. The Morgan fingerprint density at radius 3 is 2.25 bits per heavy atom. The molecule has 20 heavy (non-hydrogen) atoms. The second-order valence-corrected chi connectivity index (χ2v) is 3.23. The first kappa shape index (κ1) is 20.7. The van der Waals surface area contributed by atoms with E-state index in [1.165, 1.54) is 13.8 Å². The molecule has 0 aromatic carbocycles. The number of ether oxygens (including phenoxy) is 1. The summed E-state index contributed by atoms with van der Waals surface area (Å²) < 4.78 is 65.4. The number of hydrogen-bond donors (Lipinski definition) is 1. The molecule has 0 aromatic rings. The molecule has 0 amide bonds. The summed E-state index contributed by atoms with van der Waals surface area (Å²) in [6.45, 7) is 5.17. The topological polar surface area (TPSA) is 47.6 Å². The first-order chi connectivity index (χ1) is 9.20. The van der Waals surface area contributed by atoms with Crippen LogP contribution in [0.4, 0.5) is 22.0 Å². The van der Waals surface area contributed by atoms with Crippen LogP contribution in [0.2, 0.25) is 0 Å². The van der Waals surface area contributed by atoms with E-state index in [-0.39, 0.29) is 5.71 Å². The van der Waals surface area contributed by atoms with Gasteiger partial charge in [0.25, 0.3) is 0 Å². The van der Waals surface area contributed by atoms with Crippen LogP contribution in [0.15, 0.2) is 29.0 Å². The Morgan fingerprint density at radius 1 is 1.35 bits per heavy atom. The summed E-state index contributed by atoms with van der Waals surface area (Å²) >= 11 is 0. The SMILES string of the molecule is C/C=C(F)/C(C)=N/C=C(\N)OCC(F)(F)C(F)F.CC. The van der Waals surface area contributed by atoms with Gasteiger partial charge in [0.1, 0.15) is 5.83 Å². The molecule has 0 saturated heterocycles. The minimum absolute atomic E-state index is 0.0512. The summed E-state index contributed by atoms with van der Waals surface area (Å²) in [6.07, 6.45) is -1.95. The van der Waals surface area contributed by atoms with E-state index in [0.29, 0.717) is 0 Å². The highest BCUT2D eigenvalue weighted by Crippen LogP contribution is 2.23. The first-order valence-corrected chi connectivity index (χ1v) is 5.81.